The molecule has 0 atom stereocenters. The minimum atomic E-state index is -5.35. The van der Waals surface area contributed by atoms with Crippen LogP contribution in [-0.2, 0) is 30.4 Å². The summed E-state index contributed by atoms with van der Waals surface area (Å²) < 4.78 is 119. The van der Waals surface area contributed by atoms with Crippen molar-refractivity contribution in [2.45, 2.75) is 61.9 Å². The summed E-state index contributed by atoms with van der Waals surface area (Å²) in [4.78, 5) is 12.5. The second kappa shape index (κ2) is 11.8. The smallest absolute Gasteiger partial charge is 0.336 e. The van der Waals surface area contributed by atoms with Crippen molar-refractivity contribution < 1.29 is 53.5 Å². The summed E-state index contributed by atoms with van der Waals surface area (Å²) in [6.45, 7) is 8.76. The number of carboxylic acids is 1. The van der Waals surface area contributed by atoms with Crippen molar-refractivity contribution in [1.29, 1.82) is 0 Å². The first-order chi connectivity index (χ1) is 23.8. The number of rotatable bonds is 7. The predicted molar refractivity (Wildman–Crippen MR) is 193 cm³/mol. The van der Waals surface area contributed by atoms with Crippen LogP contribution in [0.2, 0.25) is 0 Å². The molecule has 0 saturated heterocycles. The van der Waals surface area contributed by atoms with Crippen molar-refractivity contribution in [3.8, 4) is 11.5 Å². The predicted octanol–water partition coefficient (Wildman–Crippen LogP) is 3.44. The van der Waals surface area contributed by atoms with E-state index in [1.54, 1.807) is 31.5 Å². The van der Waals surface area contributed by atoms with Gasteiger partial charge in [-0.05, 0) is 61.3 Å². The molecule has 3 aromatic rings. The number of benzene rings is 3. The number of hydrogen-bond acceptors (Lipinski definition) is 9. The Morgan fingerprint density at radius 2 is 1.44 bits per heavy atom. The summed E-state index contributed by atoms with van der Waals surface area (Å²) in [5.41, 5.74) is -1.64. The first kappa shape index (κ1) is 37.4. The van der Waals surface area contributed by atoms with E-state index in [-0.39, 0.29) is 49.7 Å². The van der Waals surface area contributed by atoms with Crippen LogP contribution in [0.3, 0.4) is 0 Å². The van der Waals surface area contributed by atoms with Crippen molar-refractivity contribution in [3.63, 3.8) is 0 Å². The van der Waals surface area contributed by atoms with Gasteiger partial charge in [-0.1, -0.05) is 31.2 Å². The van der Waals surface area contributed by atoms with Gasteiger partial charge in [0.1, 0.15) is 12.8 Å². The molecule has 17 heteroatoms. The Labute approximate surface area is 300 Å². The zero-order valence-electron chi connectivity index (χ0n) is 29.2. The first-order valence-corrected chi connectivity index (χ1v) is 20.4. The fraction of sp³-hybridized carbons (Fsp3) is 0.314. The van der Waals surface area contributed by atoms with Gasteiger partial charge in [0.25, 0.3) is 20.2 Å². The van der Waals surface area contributed by atoms with Crippen molar-refractivity contribution in [3.05, 3.63) is 86.9 Å². The van der Waals surface area contributed by atoms with E-state index in [9.17, 15) is 48.8 Å². The molecule has 276 valence electrons. The van der Waals surface area contributed by atoms with Crippen LogP contribution in [0.25, 0.3) is 16.7 Å². The number of aromatic carboxylic acids is 1. The molecule has 0 aromatic heterocycles. The summed E-state index contributed by atoms with van der Waals surface area (Å²) in [6.07, 6.45) is 3.85. The van der Waals surface area contributed by atoms with Crippen molar-refractivity contribution in [2.24, 2.45) is 0 Å². The lowest BCUT2D eigenvalue weighted by Gasteiger charge is -2.42. The molecule has 0 bridgehead atoms. The molecule has 0 amide bonds. The van der Waals surface area contributed by atoms with Crippen LogP contribution < -0.4 is 24.8 Å². The van der Waals surface area contributed by atoms with Crippen molar-refractivity contribution in [2.75, 3.05) is 24.7 Å². The van der Waals surface area contributed by atoms with Crippen LogP contribution in [0.1, 0.15) is 73.7 Å². The van der Waals surface area contributed by atoms with Gasteiger partial charge in [-0.2, -0.15) is 25.3 Å². The van der Waals surface area contributed by atoms with E-state index in [0.717, 1.165) is 0 Å². The molecule has 0 fully saturated rings. The first-order valence-electron chi connectivity index (χ1n) is 15.9. The molecule has 3 aliphatic rings. The number of ether oxygens (including phenoxy) is 1. The Kier molecular flexibility index (Phi) is 8.49. The van der Waals surface area contributed by atoms with Crippen LogP contribution in [0.4, 0.5) is 5.69 Å². The molecule has 14 nitrogen and oxygen atoms in total. The normalized spacial score (nSPS) is 17.6. The molecule has 0 saturated carbocycles. The minimum absolute atomic E-state index is 0.0143. The lowest BCUT2D eigenvalue weighted by Crippen LogP contribution is -2.49. The van der Waals surface area contributed by atoms with Crippen LogP contribution in [0.15, 0.2) is 58.3 Å². The Morgan fingerprint density at radius 3 is 2.00 bits per heavy atom. The third-order valence-corrected chi connectivity index (χ3v) is 12.4. The van der Waals surface area contributed by atoms with Gasteiger partial charge < -0.3 is 14.7 Å². The fourth-order valence-electron chi connectivity index (χ4n) is 7.28. The number of nitrogens with zero attached hydrogens (tertiary/aromatic N) is 2. The number of anilines is 1. The molecule has 0 unspecified atom stereocenters. The van der Waals surface area contributed by atoms with E-state index in [4.69, 9.17) is 4.74 Å². The summed E-state index contributed by atoms with van der Waals surface area (Å²) in [7, 11) is -12.2. The molecule has 0 spiro atoms. The van der Waals surface area contributed by atoms with Crippen LogP contribution >= 0.6 is 0 Å². The van der Waals surface area contributed by atoms with Gasteiger partial charge in [-0.25, -0.2) is 9.37 Å². The Hall–Kier alpha value is -4.39. The highest BCUT2D eigenvalue weighted by Gasteiger charge is 2.44. The highest BCUT2D eigenvalue weighted by Crippen LogP contribution is 2.52. The average molecular weight is 774 g/mol. The van der Waals surface area contributed by atoms with Gasteiger partial charge in [0.15, 0.2) is 21.9 Å². The number of carboxylic acid groups (broad SMARTS) is 1. The molecule has 3 heterocycles. The van der Waals surface area contributed by atoms with Gasteiger partial charge in [0.05, 0.1) is 22.4 Å². The maximum Gasteiger partial charge on any atom is 0.336 e. The molecular formula is C35H37N2O12S3+. The van der Waals surface area contributed by atoms with E-state index in [0.29, 0.717) is 17.6 Å². The Morgan fingerprint density at radius 1 is 0.827 bits per heavy atom. The zero-order valence-corrected chi connectivity index (χ0v) is 31.7. The molecule has 6 rings (SSSR count). The lowest BCUT2D eigenvalue weighted by molar-refractivity contribution is 0.0696. The second-order valence-corrected chi connectivity index (χ2v) is 18.2. The third-order valence-electron chi connectivity index (χ3n) is 9.97. The molecule has 3 aliphatic heterocycles. The monoisotopic (exact) mass is 773 g/mol. The topological polar surface area (TPSA) is 216 Å². The number of allylic oxidation sites excluding steroid dienone is 1. The van der Waals surface area contributed by atoms with Crippen LogP contribution in [0, 0.1) is 0 Å². The maximum atomic E-state index is 13.6. The van der Waals surface area contributed by atoms with Gasteiger partial charge in [0.2, 0.25) is 10.3 Å². The van der Waals surface area contributed by atoms with Gasteiger partial charge in [-0.3, -0.25) is 13.7 Å². The highest BCUT2D eigenvalue weighted by molar-refractivity contribution is 7.86. The second-order valence-electron chi connectivity index (χ2n) is 14.1. The molecule has 4 N–H and O–H groups in total. The third kappa shape index (κ3) is 5.94. The Balaban J connectivity index is 1.98. The summed E-state index contributed by atoms with van der Waals surface area (Å²) in [5.74, 6) is -3.47. The minimum Gasteiger partial charge on any atom is -0.478 e. The van der Waals surface area contributed by atoms with Crippen LogP contribution in [0.5, 0.6) is 11.5 Å². The van der Waals surface area contributed by atoms with E-state index in [1.165, 1.54) is 48.4 Å². The molecule has 3 aromatic carbocycles. The van der Waals surface area contributed by atoms with E-state index < -0.39 is 74.4 Å². The van der Waals surface area contributed by atoms with Crippen LogP contribution in [-0.4, -0.2) is 80.9 Å². The molecule has 0 aliphatic carbocycles. The van der Waals surface area contributed by atoms with Gasteiger partial charge in [-0.15, -0.1) is 0 Å². The number of fused-ring (bicyclic) bond motifs is 4. The van der Waals surface area contributed by atoms with Crippen molar-refractivity contribution in [1.82, 2.24) is 4.58 Å². The lowest BCUT2D eigenvalue weighted by atomic mass is 9.83. The number of carbonyl (C=O) groups is 1. The highest BCUT2D eigenvalue weighted by atomic mass is 32.2. The molecule has 52 heavy (non-hydrogen) atoms. The van der Waals surface area contributed by atoms with Gasteiger partial charge in [0, 0.05) is 42.8 Å². The Bertz CT molecular complexity index is 2690. The van der Waals surface area contributed by atoms with Gasteiger partial charge >= 0.3 is 16.1 Å². The largest absolute Gasteiger partial charge is 0.478 e. The maximum absolute atomic E-state index is 13.6. The number of likely N-dealkylation sites (N-methyl/N-ethyl adjacent to an activating group) is 2. The SMILES string of the molecule is CCC1=CC(C)(C)[N+](C)=c2c1cc1c(c2S(=O)(=O)O)Oc2c(cc3c(c2S(=O)(=O)O)N(C)C(C)(C)C=C3CS(=O)(=O)O)C=1c1ccccc1C(=O)O. The number of hydrogen-bond donors (Lipinski definition) is 4. The van der Waals surface area contributed by atoms with E-state index in [1.807, 2.05) is 26.8 Å². The summed E-state index contributed by atoms with van der Waals surface area (Å²) in [5, 5.41) is 10.3. The zero-order chi connectivity index (χ0) is 38.7. The average Bonchev–Trinajstić information content (AvgIpc) is 3.00. The van der Waals surface area contributed by atoms with E-state index in [2.05, 4.69) is 0 Å². The summed E-state index contributed by atoms with van der Waals surface area (Å²) in [6, 6.07) is 8.62. The quantitative estimate of drug-likeness (QED) is 0.157. The van der Waals surface area contributed by atoms with E-state index >= 15 is 0 Å². The molecule has 0 radical (unpaired) electrons. The van der Waals surface area contributed by atoms with Crippen molar-refractivity contribution >= 4 is 58.7 Å². The fourth-order valence-corrected chi connectivity index (χ4v) is 9.67. The summed E-state index contributed by atoms with van der Waals surface area (Å²) >= 11 is 0. The molecular weight excluding hydrogens is 737 g/mol. The standard InChI is InChI=1S/C35H36N2O12S3/c1-8-18-15-34(2,3)36(6)27-22(18)13-24-26(20-11-9-10-12-21(20)33(38)39)25-14-23-19(17-50(40,41)42)16-35(4,5)37(7)28(23)32(52(46,47)48)30(25)49-29(24)31(27)51(43,44)45/h9-16H,8,17H2,1-7H3,(H3-,38,39,40,41,42,43,44,45,46,47,48)/p+1.